The molecule has 1 aromatic carbocycles. The number of nitrogens with zero attached hydrogens (tertiary/aromatic N) is 5. The van der Waals surface area contributed by atoms with E-state index in [-0.39, 0.29) is 0 Å². The maximum Gasteiger partial charge on any atom is 0.125 e. The molecule has 1 fully saturated rings. The summed E-state index contributed by atoms with van der Waals surface area (Å²) in [6, 6.07) is 8.96. The Balaban J connectivity index is 1.43. The molecule has 5 rings (SSSR count). The highest BCUT2D eigenvalue weighted by Crippen LogP contribution is 2.30. The Morgan fingerprint density at radius 1 is 1.04 bits per heavy atom. The van der Waals surface area contributed by atoms with Crippen molar-refractivity contribution in [1.29, 1.82) is 0 Å². The Morgan fingerprint density at radius 3 is 2.68 bits per heavy atom. The average Bonchev–Trinajstić information content (AvgIpc) is 3.18. The molecule has 2 aliphatic rings. The quantitative estimate of drug-likeness (QED) is 0.696. The molecular formula is C22H25N5O. The molecule has 6 heteroatoms. The zero-order chi connectivity index (χ0) is 18.9. The van der Waals surface area contributed by atoms with Gasteiger partial charge in [-0.3, -0.25) is 24.6 Å². The van der Waals surface area contributed by atoms with Crippen LogP contribution in [0.5, 0.6) is 0 Å². The monoisotopic (exact) mass is 375 g/mol. The maximum absolute atomic E-state index is 5.82. The van der Waals surface area contributed by atoms with Crippen molar-refractivity contribution < 1.29 is 4.74 Å². The normalized spacial score (nSPS) is 21.8. The molecule has 1 saturated carbocycles. The first-order chi connectivity index (χ1) is 13.8. The number of fused-ring (bicyclic) bond motifs is 2. The van der Waals surface area contributed by atoms with E-state index in [4.69, 9.17) is 4.74 Å². The Morgan fingerprint density at radius 2 is 1.86 bits per heavy atom. The van der Waals surface area contributed by atoms with Crippen LogP contribution < -0.4 is 5.01 Å². The summed E-state index contributed by atoms with van der Waals surface area (Å²) in [6.45, 7) is 3.61. The van der Waals surface area contributed by atoms with Gasteiger partial charge in [0.2, 0.25) is 0 Å². The van der Waals surface area contributed by atoms with E-state index in [0.29, 0.717) is 18.8 Å². The van der Waals surface area contributed by atoms with Crippen LogP contribution in [0.25, 0.3) is 22.2 Å². The molecular weight excluding hydrogens is 350 g/mol. The molecule has 1 aliphatic heterocycles. The summed E-state index contributed by atoms with van der Waals surface area (Å²) in [4.78, 5) is 13.5. The van der Waals surface area contributed by atoms with Crippen molar-refractivity contribution in [1.82, 2.24) is 14.6 Å². The van der Waals surface area contributed by atoms with Gasteiger partial charge in [-0.05, 0) is 56.4 Å². The number of hydrogen-bond donors (Lipinski definition) is 0. The number of aliphatic imine (C=N–C) groups is 1. The summed E-state index contributed by atoms with van der Waals surface area (Å²) in [5.74, 6) is 0. The first kappa shape index (κ1) is 17.4. The van der Waals surface area contributed by atoms with Crippen LogP contribution in [0.3, 0.4) is 0 Å². The molecule has 0 unspecified atom stereocenters. The van der Waals surface area contributed by atoms with E-state index in [0.717, 1.165) is 54.6 Å². The highest BCUT2D eigenvalue weighted by molar-refractivity contribution is 5.92. The van der Waals surface area contributed by atoms with E-state index in [1.54, 1.807) is 12.4 Å². The smallest absolute Gasteiger partial charge is 0.125 e. The summed E-state index contributed by atoms with van der Waals surface area (Å²) in [5, 5.41) is 2.40. The van der Waals surface area contributed by atoms with Crippen LogP contribution in [0.15, 0.2) is 47.8 Å². The molecule has 3 heterocycles. The van der Waals surface area contributed by atoms with Gasteiger partial charge in [0.05, 0.1) is 22.8 Å². The van der Waals surface area contributed by atoms with E-state index in [1.807, 2.05) is 12.3 Å². The molecule has 28 heavy (non-hydrogen) atoms. The highest BCUT2D eigenvalue weighted by atomic mass is 16.5. The Kier molecular flexibility index (Phi) is 4.56. The minimum Gasteiger partial charge on any atom is -0.379 e. The lowest BCUT2D eigenvalue weighted by Gasteiger charge is -2.39. The molecule has 0 atom stereocenters. The number of rotatable bonds is 4. The fourth-order valence-corrected chi connectivity index (χ4v) is 4.48. The Bertz CT molecular complexity index is 1000. The first-order valence-electron chi connectivity index (χ1n) is 10.1. The van der Waals surface area contributed by atoms with Gasteiger partial charge in [-0.25, -0.2) is 0 Å². The lowest BCUT2D eigenvalue weighted by molar-refractivity contribution is 0.0310. The minimum absolute atomic E-state index is 0.424. The molecule has 144 valence electrons. The predicted molar refractivity (Wildman–Crippen MR) is 111 cm³/mol. The van der Waals surface area contributed by atoms with Crippen LogP contribution in [0.2, 0.25) is 0 Å². The average molecular weight is 375 g/mol. The molecule has 0 bridgehead atoms. The van der Waals surface area contributed by atoms with Gasteiger partial charge in [-0.15, -0.1) is 0 Å². The fourth-order valence-electron chi connectivity index (χ4n) is 4.48. The number of ether oxygens (including phenoxy) is 1. The van der Waals surface area contributed by atoms with Crippen molar-refractivity contribution in [2.45, 2.75) is 44.8 Å². The van der Waals surface area contributed by atoms with Crippen molar-refractivity contribution in [3.8, 4) is 11.1 Å². The topological polar surface area (TPSA) is 55.5 Å². The van der Waals surface area contributed by atoms with E-state index >= 15 is 0 Å². The Hall–Kier alpha value is -2.73. The lowest BCUT2D eigenvalue weighted by Crippen LogP contribution is -2.48. The Labute approximate surface area is 164 Å². The summed E-state index contributed by atoms with van der Waals surface area (Å²) in [6.07, 6.45) is 12.6. The fraction of sp³-hybridized carbons (Fsp3) is 0.409. The second-order valence-electron chi connectivity index (χ2n) is 7.50. The number of aromatic nitrogens is 3. The zero-order valence-corrected chi connectivity index (χ0v) is 16.2. The van der Waals surface area contributed by atoms with Crippen molar-refractivity contribution in [3.63, 3.8) is 0 Å². The van der Waals surface area contributed by atoms with Crippen molar-refractivity contribution in [3.05, 3.63) is 48.5 Å². The van der Waals surface area contributed by atoms with Gasteiger partial charge >= 0.3 is 0 Å². The van der Waals surface area contributed by atoms with Crippen molar-refractivity contribution >= 4 is 17.2 Å². The molecule has 0 spiro atoms. The molecule has 6 nitrogen and oxygen atoms in total. The van der Waals surface area contributed by atoms with Gasteiger partial charge in [0.25, 0.3) is 0 Å². The van der Waals surface area contributed by atoms with Crippen LogP contribution >= 0.6 is 0 Å². The third-order valence-electron chi connectivity index (χ3n) is 5.87. The third kappa shape index (κ3) is 3.07. The van der Waals surface area contributed by atoms with Gasteiger partial charge in [0, 0.05) is 43.0 Å². The van der Waals surface area contributed by atoms with E-state index < -0.39 is 0 Å². The van der Waals surface area contributed by atoms with Gasteiger partial charge < -0.3 is 4.74 Å². The van der Waals surface area contributed by atoms with Crippen molar-refractivity contribution in [2.75, 3.05) is 18.3 Å². The largest absolute Gasteiger partial charge is 0.379 e. The summed E-state index contributed by atoms with van der Waals surface area (Å²) >= 11 is 0. The van der Waals surface area contributed by atoms with Crippen LogP contribution in [-0.4, -0.2) is 46.3 Å². The zero-order valence-electron chi connectivity index (χ0n) is 16.2. The standard InChI is InChI=1S/C22H25N5O/c1-2-28-18-6-4-17(5-7-18)27-15-23-14-22-19(9-12-26(22)27)16-3-8-20-21(13-16)25-11-10-24-20/h3,8-14,17-18H,2,4-7,15H2,1H3. The predicted octanol–water partition coefficient (Wildman–Crippen LogP) is 3.77. The molecule has 0 amide bonds. The first-order valence-corrected chi connectivity index (χ1v) is 10.1. The van der Waals surface area contributed by atoms with Gasteiger partial charge in [-0.2, -0.15) is 0 Å². The second-order valence-corrected chi connectivity index (χ2v) is 7.50. The molecule has 1 aliphatic carbocycles. The summed E-state index contributed by atoms with van der Waals surface area (Å²) in [7, 11) is 0. The summed E-state index contributed by atoms with van der Waals surface area (Å²) < 4.78 is 8.11. The SMILES string of the molecule is CCOC1CCC(N2CN=Cc3c(-c4ccc5nccnc5c4)ccn32)CC1. The maximum atomic E-state index is 5.82. The minimum atomic E-state index is 0.424. The van der Waals surface area contributed by atoms with Crippen LogP contribution in [-0.2, 0) is 4.74 Å². The summed E-state index contributed by atoms with van der Waals surface area (Å²) in [5.41, 5.74) is 5.31. The second kappa shape index (κ2) is 7.36. The van der Waals surface area contributed by atoms with E-state index in [2.05, 4.69) is 56.0 Å². The number of benzene rings is 1. The van der Waals surface area contributed by atoms with Gasteiger partial charge in [-0.1, -0.05) is 6.07 Å². The van der Waals surface area contributed by atoms with Gasteiger partial charge in [0.15, 0.2) is 0 Å². The van der Waals surface area contributed by atoms with Crippen molar-refractivity contribution in [2.24, 2.45) is 4.99 Å². The van der Waals surface area contributed by atoms with Crippen LogP contribution in [0.1, 0.15) is 38.3 Å². The molecule has 0 N–H and O–H groups in total. The number of hydrogen-bond acceptors (Lipinski definition) is 5. The molecule has 0 radical (unpaired) electrons. The highest BCUT2D eigenvalue weighted by Gasteiger charge is 2.29. The third-order valence-corrected chi connectivity index (χ3v) is 5.87. The van der Waals surface area contributed by atoms with Gasteiger partial charge in [0.1, 0.15) is 6.67 Å². The van der Waals surface area contributed by atoms with E-state index in [1.165, 1.54) is 5.56 Å². The van der Waals surface area contributed by atoms with Crippen LogP contribution in [0, 0.1) is 0 Å². The molecule has 0 saturated heterocycles. The molecule has 2 aromatic heterocycles. The van der Waals surface area contributed by atoms with E-state index in [9.17, 15) is 0 Å². The van der Waals surface area contributed by atoms with Crippen LogP contribution in [0.4, 0.5) is 0 Å². The molecule has 3 aromatic rings. The lowest BCUT2D eigenvalue weighted by atomic mass is 9.92.